The molecule has 0 unspecified atom stereocenters. The maximum Gasteiger partial charge on any atom is 0.256 e. The van der Waals surface area contributed by atoms with E-state index >= 15 is 0 Å². The van der Waals surface area contributed by atoms with Gasteiger partial charge in [0.05, 0.1) is 10.8 Å². The van der Waals surface area contributed by atoms with Crippen molar-refractivity contribution < 1.29 is 4.79 Å². The van der Waals surface area contributed by atoms with E-state index in [9.17, 15) is 4.79 Å². The third kappa shape index (κ3) is 2.13. The van der Waals surface area contributed by atoms with Crippen molar-refractivity contribution in [1.29, 1.82) is 0 Å². The summed E-state index contributed by atoms with van der Waals surface area (Å²) < 4.78 is 0. The predicted octanol–water partition coefficient (Wildman–Crippen LogP) is 2.48. The Bertz CT molecular complexity index is 241. The fourth-order valence-electron chi connectivity index (χ4n) is 2.04. The first kappa shape index (κ1) is 9.25. The Morgan fingerprint density at radius 1 is 1.31 bits per heavy atom. The number of amides is 1. The molecule has 0 aromatic heterocycles. The number of carbonyl (C=O) groups excluding carboxylic acids is 1. The summed E-state index contributed by atoms with van der Waals surface area (Å²) in [5.41, 5.74) is 0. The molecule has 0 atom stereocenters. The average Bonchev–Trinajstić information content (AvgIpc) is 2.53. The summed E-state index contributed by atoms with van der Waals surface area (Å²) in [5, 5.41) is 1.12. The number of rotatable bonds is 1. The first-order valence-corrected chi connectivity index (χ1v) is 5.98. The van der Waals surface area contributed by atoms with E-state index < -0.39 is 0 Å². The Hall–Kier alpha value is -0.310. The van der Waals surface area contributed by atoms with E-state index in [0.717, 1.165) is 11.0 Å². The van der Waals surface area contributed by atoms with Gasteiger partial charge >= 0.3 is 0 Å². The zero-order valence-electron chi connectivity index (χ0n) is 7.95. The number of nitrogens with zero attached hydrogens (tertiary/aromatic N) is 1. The normalized spacial score (nSPS) is 34.8. The number of carbonyl (C=O) groups is 1. The van der Waals surface area contributed by atoms with Crippen LogP contribution < -0.4 is 0 Å². The number of hydrogen-bond donors (Lipinski definition) is 0. The van der Waals surface area contributed by atoms with Gasteiger partial charge in [-0.05, 0) is 18.8 Å². The maximum atomic E-state index is 11.0. The Morgan fingerprint density at radius 2 is 2.00 bits per heavy atom. The lowest BCUT2D eigenvalue weighted by atomic mass is 9.83. The van der Waals surface area contributed by atoms with E-state index in [2.05, 4.69) is 11.9 Å². The molecule has 0 bridgehead atoms. The molecule has 72 valence electrons. The second-order valence-corrected chi connectivity index (χ2v) is 5.08. The molecule has 0 aromatic carbocycles. The second kappa shape index (κ2) is 3.82. The lowest BCUT2D eigenvalue weighted by molar-refractivity contribution is -0.115. The molecule has 0 radical (unpaired) electrons. The zero-order chi connectivity index (χ0) is 9.26. The van der Waals surface area contributed by atoms with Gasteiger partial charge in [-0.2, -0.15) is 0 Å². The average molecular weight is 197 g/mol. The van der Waals surface area contributed by atoms with Crippen LogP contribution in [-0.4, -0.2) is 16.7 Å². The van der Waals surface area contributed by atoms with Crippen molar-refractivity contribution in [2.45, 2.75) is 32.6 Å². The topological polar surface area (TPSA) is 29.4 Å². The number of thioether (sulfide) groups is 1. The molecule has 1 fully saturated rings. The first-order chi connectivity index (χ1) is 6.25. The minimum atomic E-state index is 0.0682. The van der Waals surface area contributed by atoms with Crippen LogP contribution >= 0.6 is 11.8 Å². The largest absolute Gasteiger partial charge is 0.272 e. The monoisotopic (exact) mass is 197 g/mol. The van der Waals surface area contributed by atoms with Gasteiger partial charge in [0.2, 0.25) is 0 Å². The van der Waals surface area contributed by atoms with Crippen LogP contribution in [0.5, 0.6) is 0 Å². The van der Waals surface area contributed by atoms with E-state index in [0.29, 0.717) is 11.7 Å². The summed E-state index contributed by atoms with van der Waals surface area (Å²) in [6.07, 6.45) is 5.08. The minimum absolute atomic E-state index is 0.0682. The van der Waals surface area contributed by atoms with Gasteiger partial charge in [-0.15, -0.1) is 11.8 Å². The molecule has 1 saturated carbocycles. The minimum Gasteiger partial charge on any atom is -0.272 e. The molecule has 0 aromatic rings. The fourth-order valence-corrected chi connectivity index (χ4v) is 3.01. The maximum absolute atomic E-state index is 11.0. The van der Waals surface area contributed by atoms with Crippen molar-refractivity contribution >= 4 is 22.7 Å². The van der Waals surface area contributed by atoms with Crippen molar-refractivity contribution in [3.05, 3.63) is 0 Å². The summed E-state index contributed by atoms with van der Waals surface area (Å²) in [7, 11) is 0. The Labute approximate surface area is 83.2 Å². The number of aliphatic imine (C=N–C) groups is 1. The Kier molecular flexibility index (Phi) is 2.72. The highest BCUT2D eigenvalue weighted by atomic mass is 32.2. The van der Waals surface area contributed by atoms with Crippen LogP contribution in [0.25, 0.3) is 0 Å². The SMILES string of the molecule is CC1CCC(C2=NC(=O)CS2)CC1. The standard InChI is InChI=1S/C10H15NOS/c1-7-2-4-8(5-3-7)10-11-9(12)6-13-10/h7-8H,2-6H2,1H3. The van der Waals surface area contributed by atoms with Gasteiger partial charge in [-0.3, -0.25) is 4.79 Å². The van der Waals surface area contributed by atoms with Crippen LogP contribution in [0, 0.1) is 11.8 Å². The van der Waals surface area contributed by atoms with E-state index in [1.807, 2.05) is 0 Å². The van der Waals surface area contributed by atoms with Gasteiger partial charge in [-0.25, -0.2) is 4.99 Å². The van der Waals surface area contributed by atoms with Gasteiger partial charge in [0.25, 0.3) is 5.91 Å². The van der Waals surface area contributed by atoms with Crippen LogP contribution in [-0.2, 0) is 4.79 Å². The zero-order valence-corrected chi connectivity index (χ0v) is 8.77. The molecular formula is C10H15NOS. The molecule has 1 aliphatic carbocycles. The molecule has 2 nitrogen and oxygen atoms in total. The van der Waals surface area contributed by atoms with Gasteiger partial charge in [0.1, 0.15) is 0 Å². The van der Waals surface area contributed by atoms with Crippen molar-refractivity contribution in [2.24, 2.45) is 16.8 Å². The molecule has 0 spiro atoms. The molecule has 0 saturated heterocycles. The highest BCUT2D eigenvalue weighted by Gasteiger charge is 2.26. The summed E-state index contributed by atoms with van der Waals surface area (Å²) in [5.74, 6) is 2.13. The van der Waals surface area contributed by atoms with Gasteiger partial charge in [-0.1, -0.05) is 19.8 Å². The molecule has 1 heterocycles. The van der Waals surface area contributed by atoms with Crippen LogP contribution in [0.4, 0.5) is 0 Å². The first-order valence-electron chi connectivity index (χ1n) is 5.00. The lowest BCUT2D eigenvalue weighted by Crippen LogP contribution is -2.17. The highest BCUT2D eigenvalue weighted by Crippen LogP contribution is 2.33. The molecule has 1 amide bonds. The van der Waals surface area contributed by atoms with Gasteiger partial charge < -0.3 is 0 Å². The molecule has 13 heavy (non-hydrogen) atoms. The molecule has 3 heteroatoms. The Morgan fingerprint density at radius 3 is 2.54 bits per heavy atom. The molecule has 2 rings (SSSR count). The van der Waals surface area contributed by atoms with Gasteiger partial charge in [0.15, 0.2) is 0 Å². The quantitative estimate of drug-likeness (QED) is 0.646. The third-order valence-electron chi connectivity index (χ3n) is 2.94. The highest BCUT2D eigenvalue weighted by molar-refractivity contribution is 8.15. The fraction of sp³-hybridized carbons (Fsp3) is 0.800. The van der Waals surface area contributed by atoms with Crippen molar-refractivity contribution in [3.63, 3.8) is 0 Å². The second-order valence-electron chi connectivity index (χ2n) is 4.09. The van der Waals surface area contributed by atoms with E-state index in [4.69, 9.17) is 0 Å². The predicted molar refractivity (Wildman–Crippen MR) is 56.0 cm³/mol. The molecule has 0 N–H and O–H groups in total. The van der Waals surface area contributed by atoms with Crippen LogP contribution in [0.15, 0.2) is 4.99 Å². The smallest absolute Gasteiger partial charge is 0.256 e. The van der Waals surface area contributed by atoms with Crippen molar-refractivity contribution in [3.8, 4) is 0 Å². The van der Waals surface area contributed by atoms with E-state index in [1.54, 1.807) is 11.8 Å². The van der Waals surface area contributed by atoms with E-state index in [-0.39, 0.29) is 5.91 Å². The summed E-state index contributed by atoms with van der Waals surface area (Å²) in [4.78, 5) is 15.0. The van der Waals surface area contributed by atoms with Crippen LogP contribution in [0.3, 0.4) is 0 Å². The van der Waals surface area contributed by atoms with Crippen molar-refractivity contribution in [2.75, 3.05) is 5.75 Å². The molecule has 1 aliphatic heterocycles. The molecule has 2 aliphatic rings. The van der Waals surface area contributed by atoms with E-state index in [1.165, 1.54) is 25.7 Å². The van der Waals surface area contributed by atoms with Gasteiger partial charge in [0, 0.05) is 5.92 Å². The third-order valence-corrected chi connectivity index (χ3v) is 4.06. The number of hydrogen-bond acceptors (Lipinski definition) is 2. The molecular weight excluding hydrogens is 182 g/mol. The van der Waals surface area contributed by atoms with Crippen LogP contribution in [0.2, 0.25) is 0 Å². The summed E-state index contributed by atoms with van der Waals surface area (Å²) >= 11 is 1.66. The van der Waals surface area contributed by atoms with Crippen LogP contribution in [0.1, 0.15) is 32.6 Å². The summed E-state index contributed by atoms with van der Waals surface area (Å²) in [6.45, 7) is 2.31. The summed E-state index contributed by atoms with van der Waals surface area (Å²) in [6, 6.07) is 0. The van der Waals surface area contributed by atoms with Crippen molar-refractivity contribution in [1.82, 2.24) is 0 Å². The Balaban J connectivity index is 1.95. The lowest BCUT2D eigenvalue weighted by Gasteiger charge is -2.25.